The van der Waals surface area contributed by atoms with Crippen molar-refractivity contribution in [1.29, 1.82) is 0 Å². The Morgan fingerprint density at radius 1 is 1.29 bits per heavy atom. The van der Waals surface area contributed by atoms with Crippen molar-refractivity contribution < 1.29 is 5.11 Å². The fourth-order valence-electron chi connectivity index (χ4n) is 1.69. The second kappa shape index (κ2) is 4.88. The summed E-state index contributed by atoms with van der Waals surface area (Å²) in [6.45, 7) is 0. The first-order valence-electron chi connectivity index (χ1n) is 4.84. The maximum absolute atomic E-state index is 9.37. The smallest absolute Gasteiger partial charge is 0.0940 e. The topological polar surface area (TPSA) is 20.2 Å². The molecular weight excluding hydrogens is 236 g/mol. The summed E-state index contributed by atoms with van der Waals surface area (Å²) < 4.78 is 2.17. The summed E-state index contributed by atoms with van der Waals surface area (Å²) >= 11 is 9.42. The largest absolute Gasteiger partial charge is 0.393 e. The van der Waals surface area contributed by atoms with Crippen molar-refractivity contribution in [3.8, 4) is 0 Å². The zero-order chi connectivity index (χ0) is 9.97. The van der Waals surface area contributed by atoms with Crippen molar-refractivity contribution in [1.82, 2.24) is 0 Å². The minimum absolute atomic E-state index is 0.0567. The van der Waals surface area contributed by atoms with Crippen LogP contribution in [0.4, 0.5) is 0 Å². The number of thioether (sulfide) groups is 1. The summed E-state index contributed by atoms with van der Waals surface area (Å²) in [5.74, 6) is 0. The standard InChI is InChI=1S/C10H13ClOS2/c11-9-5-6-10(14-9)13-8-3-1-7(12)2-4-8/h5-8,12H,1-4H2. The molecule has 1 aliphatic carbocycles. The minimum Gasteiger partial charge on any atom is -0.393 e. The molecule has 0 spiro atoms. The Kier molecular flexibility index (Phi) is 3.77. The minimum atomic E-state index is -0.0567. The van der Waals surface area contributed by atoms with Crippen LogP contribution in [0.3, 0.4) is 0 Å². The molecule has 4 heteroatoms. The molecule has 1 nitrogen and oxygen atoms in total. The summed E-state index contributed by atoms with van der Waals surface area (Å²) in [7, 11) is 0. The first-order chi connectivity index (χ1) is 6.74. The summed E-state index contributed by atoms with van der Waals surface area (Å²) in [5.41, 5.74) is 0. The molecule has 1 N–H and O–H groups in total. The van der Waals surface area contributed by atoms with Gasteiger partial charge in [0.25, 0.3) is 0 Å². The highest BCUT2D eigenvalue weighted by Crippen LogP contribution is 2.38. The van der Waals surface area contributed by atoms with Crippen molar-refractivity contribution >= 4 is 34.7 Å². The van der Waals surface area contributed by atoms with E-state index in [-0.39, 0.29) is 6.10 Å². The lowest BCUT2D eigenvalue weighted by atomic mass is 9.97. The number of halogens is 1. The van der Waals surface area contributed by atoms with Gasteiger partial charge in [-0.25, -0.2) is 0 Å². The highest BCUT2D eigenvalue weighted by Gasteiger charge is 2.20. The van der Waals surface area contributed by atoms with Crippen LogP contribution in [-0.2, 0) is 0 Å². The number of hydrogen-bond acceptors (Lipinski definition) is 3. The fraction of sp³-hybridized carbons (Fsp3) is 0.600. The zero-order valence-electron chi connectivity index (χ0n) is 7.78. The molecule has 1 heterocycles. The van der Waals surface area contributed by atoms with E-state index in [1.807, 2.05) is 17.8 Å². The molecule has 78 valence electrons. The van der Waals surface area contributed by atoms with Gasteiger partial charge in [-0.05, 0) is 37.8 Å². The Morgan fingerprint density at radius 2 is 2.00 bits per heavy atom. The second-order valence-corrected chi connectivity index (χ2v) is 6.92. The third-order valence-electron chi connectivity index (χ3n) is 2.48. The van der Waals surface area contributed by atoms with Crippen molar-refractivity contribution in [3.63, 3.8) is 0 Å². The van der Waals surface area contributed by atoms with E-state index in [4.69, 9.17) is 11.6 Å². The highest BCUT2D eigenvalue weighted by molar-refractivity contribution is 8.01. The Hall–Kier alpha value is 0.300. The van der Waals surface area contributed by atoms with E-state index in [2.05, 4.69) is 6.07 Å². The predicted octanol–water partition coefficient (Wildman–Crippen LogP) is 3.80. The first kappa shape index (κ1) is 10.8. The van der Waals surface area contributed by atoms with Crippen LogP contribution < -0.4 is 0 Å². The third kappa shape index (κ3) is 2.89. The molecular formula is C10H13ClOS2. The van der Waals surface area contributed by atoms with Crippen LogP contribution >= 0.6 is 34.7 Å². The molecule has 0 bridgehead atoms. The van der Waals surface area contributed by atoms with Gasteiger partial charge in [0, 0.05) is 5.25 Å². The molecule has 1 aliphatic rings. The van der Waals surface area contributed by atoms with Gasteiger partial charge in [-0.2, -0.15) is 0 Å². The molecule has 1 aromatic rings. The van der Waals surface area contributed by atoms with Gasteiger partial charge in [-0.1, -0.05) is 11.6 Å². The van der Waals surface area contributed by atoms with Crippen molar-refractivity contribution in [2.75, 3.05) is 0 Å². The van der Waals surface area contributed by atoms with Gasteiger partial charge in [-0.15, -0.1) is 23.1 Å². The number of aliphatic hydroxyl groups excluding tert-OH is 1. The zero-order valence-corrected chi connectivity index (χ0v) is 10.2. The molecule has 0 amide bonds. The second-order valence-electron chi connectivity index (χ2n) is 3.61. The van der Waals surface area contributed by atoms with Gasteiger partial charge < -0.3 is 5.11 Å². The monoisotopic (exact) mass is 248 g/mol. The Bertz CT molecular complexity index is 292. The van der Waals surface area contributed by atoms with Gasteiger partial charge in [0.2, 0.25) is 0 Å². The maximum Gasteiger partial charge on any atom is 0.0940 e. The maximum atomic E-state index is 9.37. The molecule has 0 saturated heterocycles. The lowest BCUT2D eigenvalue weighted by Gasteiger charge is -2.24. The van der Waals surface area contributed by atoms with E-state index < -0.39 is 0 Å². The molecule has 1 saturated carbocycles. The summed E-state index contributed by atoms with van der Waals surface area (Å²) in [5, 5.41) is 10.0. The summed E-state index contributed by atoms with van der Waals surface area (Å²) in [6, 6.07) is 4.04. The number of hydrogen-bond donors (Lipinski definition) is 1. The number of aliphatic hydroxyl groups is 1. The SMILES string of the molecule is OC1CCC(Sc2ccc(Cl)s2)CC1. The van der Waals surface area contributed by atoms with Crippen LogP contribution in [0.25, 0.3) is 0 Å². The molecule has 14 heavy (non-hydrogen) atoms. The van der Waals surface area contributed by atoms with Crippen LogP contribution in [0.5, 0.6) is 0 Å². The molecule has 0 aliphatic heterocycles. The third-order valence-corrected chi connectivity index (χ3v) is 5.21. The van der Waals surface area contributed by atoms with E-state index >= 15 is 0 Å². The average molecular weight is 249 g/mol. The van der Waals surface area contributed by atoms with E-state index in [1.54, 1.807) is 11.3 Å². The van der Waals surface area contributed by atoms with Crippen molar-refractivity contribution in [2.24, 2.45) is 0 Å². The molecule has 2 rings (SSSR count). The molecule has 0 unspecified atom stereocenters. The van der Waals surface area contributed by atoms with Crippen molar-refractivity contribution in [3.05, 3.63) is 16.5 Å². The lowest BCUT2D eigenvalue weighted by Crippen LogP contribution is -2.19. The van der Waals surface area contributed by atoms with Gasteiger partial charge in [0.1, 0.15) is 0 Å². The van der Waals surface area contributed by atoms with E-state index in [1.165, 1.54) is 4.21 Å². The Labute approximate surface area is 97.5 Å². The van der Waals surface area contributed by atoms with Crippen LogP contribution in [0.1, 0.15) is 25.7 Å². The lowest BCUT2D eigenvalue weighted by molar-refractivity contribution is 0.132. The summed E-state index contributed by atoms with van der Waals surface area (Å²) in [4.78, 5) is 0. The van der Waals surface area contributed by atoms with Crippen LogP contribution in [0, 0.1) is 0 Å². The quantitative estimate of drug-likeness (QED) is 0.859. The van der Waals surface area contributed by atoms with Crippen LogP contribution in [0.2, 0.25) is 4.34 Å². The molecule has 0 atom stereocenters. The summed E-state index contributed by atoms with van der Waals surface area (Å²) in [6.07, 6.45) is 4.11. The first-order valence-corrected chi connectivity index (χ1v) is 6.91. The Morgan fingerprint density at radius 3 is 2.57 bits per heavy atom. The van der Waals surface area contributed by atoms with Gasteiger partial charge >= 0.3 is 0 Å². The average Bonchev–Trinajstić information content (AvgIpc) is 2.56. The van der Waals surface area contributed by atoms with Gasteiger partial charge in [0.05, 0.1) is 14.6 Å². The van der Waals surface area contributed by atoms with E-state index in [9.17, 15) is 5.11 Å². The Balaban J connectivity index is 1.86. The normalized spacial score (nSPS) is 27.9. The van der Waals surface area contributed by atoms with E-state index in [0.717, 1.165) is 30.0 Å². The van der Waals surface area contributed by atoms with Crippen LogP contribution in [0.15, 0.2) is 16.3 Å². The molecule has 0 aromatic carbocycles. The van der Waals surface area contributed by atoms with Crippen LogP contribution in [-0.4, -0.2) is 16.5 Å². The molecule has 0 radical (unpaired) electrons. The van der Waals surface area contributed by atoms with Gasteiger partial charge in [-0.3, -0.25) is 0 Å². The number of thiophene rings is 1. The molecule has 1 fully saturated rings. The fourth-order valence-corrected chi connectivity index (χ4v) is 4.46. The number of rotatable bonds is 2. The highest BCUT2D eigenvalue weighted by atomic mass is 35.5. The van der Waals surface area contributed by atoms with Gasteiger partial charge in [0.15, 0.2) is 0 Å². The predicted molar refractivity (Wildman–Crippen MR) is 63.4 cm³/mol. The molecule has 1 aromatic heterocycles. The van der Waals surface area contributed by atoms with E-state index in [0.29, 0.717) is 5.25 Å². The van der Waals surface area contributed by atoms with Crippen molar-refractivity contribution in [2.45, 2.75) is 41.2 Å².